The third-order valence-electron chi connectivity index (χ3n) is 4.77. The Kier molecular flexibility index (Phi) is 8.62. The largest absolute Gasteiger partial charge is 0.493 e. The highest BCUT2D eigenvalue weighted by molar-refractivity contribution is 5.92. The number of hydrogen-bond donors (Lipinski definition) is 2. The molecule has 0 fully saturated rings. The Hall–Kier alpha value is -2.73. The number of ether oxygens (including phenoxy) is 2. The number of nitrogens with one attached hydrogen (secondary N) is 1. The maximum atomic E-state index is 6.14. The molecule has 0 saturated heterocycles. The molecule has 0 bridgehead atoms. The number of methoxy groups -OCH3 is 2. The molecule has 6 nitrogen and oxygen atoms in total. The van der Waals surface area contributed by atoms with Gasteiger partial charge in [0.15, 0.2) is 17.5 Å². The fourth-order valence-electron chi connectivity index (χ4n) is 3.24. The number of likely N-dealkylation sites (N-methyl/N-ethyl adjacent to an activating group) is 1. The molecule has 2 aromatic rings. The average molecular weight is 385 g/mol. The normalized spacial score (nSPS) is 12.7. The third kappa shape index (κ3) is 6.16. The van der Waals surface area contributed by atoms with Crippen LogP contribution in [0.25, 0.3) is 0 Å². The molecule has 1 unspecified atom stereocenters. The zero-order valence-corrected chi connectivity index (χ0v) is 17.3. The summed E-state index contributed by atoms with van der Waals surface area (Å²) in [5.41, 5.74) is 8.25. The molecule has 6 heteroatoms. The Morgan fingerprint density at radius 3 is 2.32 bits per heavy atom. The van der Waals surface area contributed by atoms with Crippen LogP contribution in [0.1, 0.15) is 19.4 Å². The zero-order valence-electron chi connectivity index (χ0n) is 17.3. The van der Waals surface area contributed by atoms with Gasteiger partial charge in [0.2, 0.25) is 0 Å². The van der Waals surface area contributed by atoms with Gasteiger partial charge in [0, 0.05) is 17.8 Å². The van der Waals surface area contributed by atoms with Crippen molar-refractivity contribution in [3.8, 4) is 11.5 Å². The standard InChI is InChI=1S/C22H32N4O2/c1-5-26(6-2)19(14-17-10-8-7-9-11-17)16-24-22(23)25-18-12-13-20(27-3)21(15-18)28-4/h7-13,15,19H,5-6,14,16H2,1-4H3,(H3,23,24,25). The van der Waals surface area contributed by atoms with Crippen LogP contribution >= 0.6 is 0 Å². The van der Waals surface area contributed by atoms with Crippen LogP contribution in [0.3, 0.4) is 0 Å². The lowest BCUT2D eigenvalue weighted by Crippen LogP contribution is -2.39. The molecule has 0 aliphatic rings. The summed E-state index contributed by atoms with van der Waals surface area (Å²) in [6, 6.07) is 16.4. The van der Waals surface area contributed by atoms with Crippen LogP contribution in [0.5, 0.6) is 11.5 Å². The molecular formula is C22H32N4O2. The summed E-state index contributed by atoms with van der Waals surface area (Å²) in [7, 11) is 3.22. The van der Waals surface area contributed by atoms with Crippen molar-refractivity contribution in [1.29, 1.82) is 0 Å². The molecular weight excluding hydrogens is 352 g/mol. The van der Waals surface area contributed by atoms with E-state index in [0.717, 1.165) is 25.2 Å². The molecule has 0 heterocycles. The van der Waals surface area contributed by atoms with Gasteiger partial charge in [0.05, 0.1) is 20.8 Å². The highest BCUT2D eigenvalue weighted by atomic mass is 16.5. The second-order valence-electron chi connectivity index (χ2n) is 6.49. The second kappa shape index (κ2) is 11.2. The maximum Gasteiger partial charge on any atom is 0.193 e. The van der Waals surface area contributed by atoms with Crippen LogP contribution in [-0.2, 0) is 6.42 Å². The molecule has 3 N–H and O–H groups in total. The van der Waals surface area contributed by atoms with Gasteiger partial charge < -0.3 is 20.5 Å². The molecule has 1 atom stereocenters. The Morgan fingerprint density at radius 2 is 1.71 bits per heavy atom. The van der Waals surface area contributed by atoms with Crippen molar-refractivity contribution in [3.05, 3.63) is 54.1 Å². The molecule has 0 spiro atoms. The monoisotopic (exact) mass is 384 g/mol. The minimum absolute atomic E-state index is 0.295. The number of guanidine groups is 1. The van der Waals surface area contributed by atoms with Gasteiger partial charge in [-0.05, 0) is 37.2 Å². The van der Waals surface area contributed by atoms with Gasteiger partial charge >= 0.3 is 0 Å². The number of benzene rings is 2. The highest BCUT2D eigenvalue weighted by Crippen LogP contribution is 2.29. The first-order valence-electron chi connectivity index (χ1n) is 9.68. The topological polar surface area (TPSA) is 72.1 Å². The number of anilines is 1. The van der Waals surface area contributed by atoms with Crippen LogP contribution in [0.15, 0.2) is 53.5 Å². The summed E-state index contributed by atoms with van der Waals surface area (Å²) in [6.45, 7) is 6.94. The Morgan fingerprint density at radius 1 is 1.04 bits per heavy atom. The SMILES string of the molecule is CCN(CC)C(CN=C(N)Nc1ccc(OC)c(OC)c1)Cc1ccccc1. The minimum atomic E-state index is 0.295. The van der Waals surface area contributed by atoms with Crippen LogP contribution in [0.2, 0.25) is 0 Å². The van der Waals surface area contributed by atoms with Crippen molar-refractivity contribution < 1.29 is 9.47 Å². The molecule has 28 heavy (non-hydrogen) atoms. The second-order valence-corrected chi connectivity index (χ2v) is 6.49. The van der Waals surface area contributed by atoms with Gasteiger partial charge in [-0.3, -0.25) is 9.89 Å². The van der Waals surface area contributed by atoms with E-state index in [-0.39, 0.29) is 0 Å². The lowest BCUT2D eigenvalue weighted by Gasteiger charge is -2.28. The van der Waals surface area contributed by atoms with Crippen molar-refractivity contribution >= 4 is 11.6 Å². The van der Waals surface area contributed by atoms with Crippen molar-refractivity contribution in [1.82, 2.24) is 4.90 Å². The van der Waals surface area contributed by atoms with Crippen LogP contribution in [0.4, 0.5) is 5.69 Å². The van der Waals surface area contributed by atoms with E-state index in [0.29, 0.717) is 30.0 Å². The molecule has 0 aromatic heterocycles. The third-order valence-corrected chi connectivity index (χ3v) is 4.77. The lowest BCUT2D eigenvalue weighted by atomic mass is 10.0. The Bertz CT molecular complexity index is 745. The average Bonchev–Trinajstić information content (AvgIpc) is 2.73. The molecule has 0 radical (unpaired) electrons. The minimum Gasteiger partial charge on any atom is -0.493 e. The first-order valence-corrected chi connectivity index (χ1v) is 9.68. The smallest absolute Gasteiger partial charge is 0.193 e. The zero-order chi connectivity index (χ0) is 20.4. The first-order chi connectivity index (χ1) is 13.6. The predicted octanol–water partition coefficient (Wildman–Crippen LogP) is 3.38. The van der Waals surface area contributed by atoms with Gasteiger partial charge in [0.25, 0.3) is 0 Å². The Labute approximate surface area is 168 Å². The lowest BCUT2D eigenvalue weighted by molar-refractivity contribution is 0.220. The van der Waals surface area contributed by atoms with Crippen molar-refractivity contribution in [2.24, 2.45) is 10.7 Å². The molecule has 2 rings (SSSR count). The van der Waals surface area contributed by atoms with Gasteiger partial charge in [-0.2, -0.15) is 0 Å². The van der Waals surface area contributed by atoms with Gasteiger partial charge in [-0.1, -0.05) is 44.2 Å². The predicted molar refractivity (Wildman–Crippen MR) is 117 cm³/mol. The van der Waals surface area contributed by atoms with Gasteiger partial charge in [-0.15, -0.1) is 0 Å². The fourth-order valence-corrected chi connectivity index (χ4v) is 3.24. The highest BCUT2D eigenvalue weighted by Gasteiger charge is 2.16. The van der Waals surface area contributed by atoms with Crippen LogP contribution < -0.4 is 20.5 Å². The van der Waals surface area contributed by atoms with Crippen LogP contribution in [-0.4, -0.2) is 50.8 Å². The van der Waals surface area contributed by atoms with Crippen molar-refractivity contribution in [3.63, 3.8) is 0 Å². The van der Waals surface area contributed by atoms with Gasteiger partial charge in [0.1, 0.15) is 0 Å². The van der Waals surface area contributed by atoms with E-state index >= 15 is 0 Å². The Balaban J connectivity index is 2.08. The molecule has 0 aliphatic heterocycles. The van der Waals surface area contributed by atoms with E-state index in [1.54, 1.807) is 14.2 Å². The van der Waals surface area contributed by atoms with E-state index in [9.17, 15) is 0 Å². The first kappa shape index (κ1) is 21.6. The fraction of sp³-hybridized carbons (Fsp3) is 0.409. The summed E-state index contributed by atoms with van der Waals surface area (Å²) in [5.74, 6) is 1.70. The number of nitrogens with zero attached hydrogens (tertiary/aromatic N) is 2. The summed E-state index contributed by atoms with van der Waals surface area (Å²) >= 11 is 0. The maximum absolute atomic E-state index is 6.14. The number of nitrogens with two attached hydrogens (primary N) is 1. The van der Waals surface area contributed by atoms with E-state index in [1.165, 1.54) is 5.56 Å². The van der Waals surface area contributed by atoms with E-state index in [4.69, 9.17) is 15.2 Å². The van der Waals surface area contributed by atoms with Crippen molar-refractivity contribution in [2.75, 3.05) is 39.2 Å². The molecule has 0 aliphatic carbocycles. The quantitative estimate of drug-likeness (QED) is 0.485. The van der Waals surface area contributed by atoms with E-state index in [1.807, 2.05) is 24.3 Å². The van der Waals surface area contributed by atoms with E-state index < -0.39 is 0 Å². The number of aliphatic imine (C=N–C) groups is 1. The molecule has 152 valence electrons. The van der Waals surface area contributed by atoms with Crippen LogP contribution in [0, 0.1) is 0 Å². The van der Waals surface area contributed by atoms with E-state index in [2.05, 4.69) is 53.3 Å². The molecule has 0 saturated carbocycles. The summed E-state index contributed by atoms with van der Waals surface area (Å²) in [4.78, 5) is 7.02. The van der Waals surface area contributed by atoms with Gasteiger partial charge in [-0.25, -0.2) is 0 Å². The number of hydrogen-bond acceptors (Lipinski definition) is 4. The summed E-state index contributed by atoms with van der Waals surface area (Å²) in [5, 5.41) is 3.14. The van der Waals surface area contributed by atoms with Crippen molar-refractivity contribution in [2.45, 2.75) is 26.3 Å². The molecule has 2 aromatic carbocycles. The summed E-state index contributed by atoms with van der Waals surface area (Å²) in [6.07, 6.45) is 0.940. The summed E-state index contributed by atoms with van der Waals surface area (Å²) < 4.78 is 10.6. The number of rotatable bonds is 10. The molecule has 0 amide bonds.